The summed E-state index contributed by atoms with van der Waals surface area (Å²) in [5.41, 5.74) is 6.30. The number of nitrogens with two attached hydrogens (primary N) is 1. The molecule has 2 rings (SSSR count). The van der Waals surface area contributed by atoms with Gasteiger partial charge >= 0.3 is 6.09 Å². The molecule has 1 aromatic carbocycles. The van der Waals surface area contributed by atoms with Gasteiger partial charge in [0.05, 0.1) is 12.6 Å². The van der Waals surface area contributed by atoms with Crippen LogP contribution in [0.1, 0.15) is 11.6 Å². The molecule has 0 bridgehead atoms. The number of carbonyl (C=O) groups excluding carboxylic acids is 1. The fourth-order valence-corrected chi connectivity index (χ4v) is 1.76. The molecule has 0 radical (unpaired) electrons. The third-order valence-corrected chi connectivity index (χ3v) is 2.50. The summed E-state index contributed by atoms with van der Waals surface area (Å²) < 4.78 is 4.97. The quantitative estimate of drug-likeness (QED) is 0.590. The number of benzene rings is 1. The Bertz CT molecular complexity index is 405. The van der Waals surface area contributed by atoms with Crippen LogP contribution in [0.2, 0.25) is 0 Å². The molecule has 1 atom stereocenters. The molecule has 1 heterocycles. The second-order valence-corrected chi connectivity index (χ2v) is 3.66. The van der Waals surface area contributed by atoms with Gasteiger partial charge in [-0.05, 0) is 5.56 Å². The Morgan fingerprint density at radius 2 is 2.19 bits per heavy atom. The fourth-order valence-electron chi connectivity index (χ4n) is 1.76. The molecule has 0 unspecified atom stereocenters. The van der Waals surface area contributed by atoms with Crippen LogP contribution in [-0.2, 0) is 4.74 Å². The molecule has 0 aliphatic carbocycles. The summed E-state index contributed by atoms with van der Waals surface area (Å²) in [4.78, 5) is 12.9. The van der Waals surface area contributed by atoms with Gasteiger partial charge in [0.15, 0.2) is 0 Å². The molecule has 1 aromatic rings. The Labute approximate surface area is 93.3 Å². The fraction of sp³-hybridized carbons (Fsp3) is 0.273. The molecule has 1 amide bonds. The van der Waals surface area contributed by atoms with Crippen LogP contribution in [0.4, 0.5) is 4.79 Å². The van der Waals surface area contributed by atoms with Gasteiger partial charge in [-0.1, -0.05) is 30.3 Å². The van der Waals surface area contributed by atoms with Gasteiger partial charge < -0.3 is 10.5 Å². The molecule has 3 N–H and O–H groups in total. The smallest absolute Gasteiger partial charge is 0.410 e. The first-order chi connectivity index (χ1) is 7.68. The summed E-state index contributed by atoms with van der Waals surface area (Å²) in [6.45, 7) is 0.425. The van der Waals surface area contributed by atoms with Gasteiger partial charge in [-0.2, -0.15) is 0 Å². The van der Waals surface area contributed by atoms with Crippen LogP contribution in [0.15, 0.2) is 30.3 Å². The second-order valence-electron chi connectivity index (χ2n) is 3.66. The highest BCUT2D eigenvalue weighted by atomic mass is 16.6. The van der Waals surface area contributed by atoms with Gasteiger partial charge in [0.1, 0.15) is 12.4 Å². The number of amidine groups is 1. The molecule has 0 saturated carbocycles. The Kier molecular flexibility index (Phi) is 2.76. The average Bonchev–Trinajstić information content (AvgIpc) is 2.61. The zero-order valence-corrected chi connectivity index (χ0v) is 8.72. The second kappa shape index (κ2) is 4.22. The minimum absolute atomic E-state index is 0.0419. The first kappa shape index (κ1) is 10.5. The van der Waals surface area contributed by atoms with E-state index in [9.17, 15) is 4.79 Å². The Balaban J connectivity index is 2.21. The van der Waals surface area contributed by atoms with Crippen LogP contribution < -0.4 is 5.73 Å². The van der Waals surface area contributed by atoms with E-state index < -0.39 is 6.09 Å². The van der Waals surface area contributed by atoms with Crippen molar-refractivity contribution < 1.29 is 9.53 Å². The van der Waals surface area contributed by atoms with Crippen molar-refractivity contribution in [1.82, 2.24) is 4.90 Å². The van der Waals surface area contributed by atoms with Crippen molar-refractivity contribution in [3.63, 3.8) is 0 Å². The molecule has 1 aliphatic rings. The zero-order chi connectivity index (χ0) is 11.5. The number of ether oxygens (including phenoxy) is 1. The normalized spacial score (nSPS) is 19.6. The highest BCUT2D eigenvalue weighted by Gasteiger charge is 2.34. The lowest BCUT2D eigenvalue weighted by molar-refractivity contribution is 0.161. The van der Waals surface area contributed by atoms with Crippen molar-refractivity contribution in [2.45, 2.75) is 6.04 Å². The maximum absolute atomic E-state index is 11.4. The Morgan fingerprint density at radius 3 is 2.81 bits per heavy atom. The molecule has 5 nitrogen and oxygen atoms in total. The molecule has 0 aromatic heterocycles. The average molecular weight is 219 g/mol. The maximum atomic E-state index is 11.4. The van der Waals surface area contributed by atoms with Gasteiger partial charge in [-0.25, -0.2) is 4.79 Å². The number of nitrogens with one attached hydrogen (secondary N) is 1. The van der Waals surface area contributed by atoms with E-state index in [1.54, 1.807) is 0 Å². The van der Waals surface area contributed by atoms with Crippen LogP contribution in [0.25, 0.3) is 0 Å². The summed E-state index contributed by atoms with van der Waals surface area (Å²) in [6, 6.07) is 9.45. The highest BCUT2D eigenvalue weighted by Crippen LogP contribution is 2.26. The topological polar surface area (TPSA) is 79.4 Å². The first-order valence-corrected chi connectivity index (χ1v) is 4.99. The predicted octanol–water partition coefficient (Wildman–Crippen LogP) is 1.12. The van der Waals surface area contributed by atoms with Gasteiger partial charge in [-0.15, -0.1) is 0 Å². The van der Waals surface area contributed by atoms with E-state index in [0.717, 1.165) is 5.56 Å². The van der Waals surface area contributed by atoms with Crippen LogP contribution in [-0.4, -0.2) is 30.0 Å². The van der Waals surface area contributed by atoms with E-state index in [-0.39, 0.29) is 18.4 Å². The highest BCUT2D eigenvalue weighted by molar-refractivity contribution is 5.83. The molecule has 16 heavy (non-hydrogen) atoms. The largest absolute Gasteiger partial charge is 0.447 e. The number of hydrogen-bond donors (Lipinski definition) is 2. The molecular weight excluding hydrogens is 206 g/mol. The van der Waals surface area contributed by atoms with Crippen LogP contribution >= 0.6 is 0 Å². The number of cyclic esters (lactones) is 1. The number of rotatable bonds is 3. The molecule has 0 spiro atoms. The number of carbonyl (C=O) groups is 1. The number of hydrogen-bond acceptors (Lipinski definition) is 3. The van der Waals surface area contributed by atoms with Crippen LogP contribution in [0.5, 0.6) is 0 Å². The van der Waals surface area contributed by atoms with Gasteiger partial charge in [0.25, 0.3) is 0 Å². The molecular formula is C11H13N3O2. The van der Waals surface area contributed by atoms with E-state index in [0.29, 0.717) is 6.61 Å². The summed E-state index contributed by atoms with van der Waals surface area (Å²) in [7, 11) is 0. The van der Waals surface area contributed by atoms with Crippen molar-refractivity contribution >= 4 is 11.9 Å². The van der Waals surface area contributed by atoms with Gasteiger partial charge in [0, 0.05) is 0 Å². The third-order valence-electron chi connectivity index (χ3n) is 2.50. The predicted molar refractivity (Wildman–Crippen MR) is 59.2 cm³/mol. The van der Waals surface area contributed by atoms with Crippen LogP contribution in [0.3, 0.4) is 0 Å². The molecule has 84 valence electrons. The lowest BCUT2D eigenvalue weighted by Crippen LogP contribution is -2.35. The monoisotopic (exact) mass is 219 g/mol. The van der Waals surface area contributed by atoms with Gasteiger partial charge in [-0.3, -0.25) is 10.3 Å². The van der Waals surface area contributed by atoms with Crippen molar-refractivity contribution in [2.75, 3.05) is 13.2 Å². The minimum Gasteiger partial charge on any atom is -0.447 e. The standard InChI is InChI=1S/C11H13N3O2/c12-10(13)6-14-9(7-16-11(14)15)8-4-2-1-3-5-8/h1-5,9H,6-7H2,(H3,12,13)/t9-/m1/s1. The molecule has 1 fully saturated rings. The summed E-state index contributed by atoms with van der Waals surface area (Å²) in [6.07, 6.45) is -0.413. The van der Waals surface area contributed by atoms with E-state index >= 15 is 0 Å². The van der Waals surface area contributed by atoms with Crippen molar-refractivity contribution in [3.05, 3.63) is 35.9 Å². The number of amides is 1. The molecule has 5 heteroatoms. The van der Waals surface area contributed by atoms with E-state index in [4.69, 9.17) is 15.9 Å². The van der Waals surface area contributed by atoms with Crippen molar-refractivity contribution in [3.8, 4) is 0 Å². The lowest BCUT2D eigenvalue weighted by Gasteiger charge is -2.20. The summed E-state index contributed by atoms with van der Waals surface area (Å²) in [5.74, 6) is -0.0419. The van der Waals surface area contributed by atoms with E-state index in [1.165, 1.54) is 4.90 Å². The SMILES string of the molecule is N=C(N)CN1C(=O)OC[C@@H]1c1ccccc1. The molecule has 1 aliphatic heterocycles. The Hall–Kier alpha value is -2.04. The minimum atomic E-state index is -0.413. The lowest BCUT2D eigenvalue weighted by atomic mass is 10.1. The van der Waals surface area contributed by atoms with Crippen molar-refractivity contribution in [1.29, 1.82) is 5.41 Å². The zero-order valence-electron chi connectivity index (χ0n) is 8.72. The maximum Gasteiger partial charge on any atom is 0.410 e. The Morgan fingerprint density at radius 1 is 1.50 bits per heavy atom. The number of nitrogens with zero attached hydrogens (tertiary/aromatic N) is 1. The van der Waals surface area contributed by atoms with Gasteiger partial charge in [0.2, 0.25) is 0 Å². The third kappa shape index (κ3) is 1.98. The van der Waals surface area contributed by atoms with Crippen molar-refractivity contribution in [2.24, 2.45) is 5.73 Å². The van der Waals surface area contributed by atoms with E-state index in [2.05, 4.69) is 0 Å². The van der Waals surface area contributed by atoms with Crippen LogP contribution in [0, 0.1) is 5.41 Å². The summed E-state index contributed by atoms with van der Waals surface area (Å²) in [5, 5.41) is 7.23. The molecule has 1 saturated heterocycles. The summed E-state index contributed by atoms with van der Waals surface area (Å²) >= 11 is 0. The first-order valence-electron chi connectivity index (χ1n) is 4.99. The van der Waals surface area contributed by atoms with E-state index in [1.807, 2.05) is 30.3 Å².